The van der Waals surface area contributed by atoms with E-state index in [-0.39, 0.29) is 12.3 Å². The van der Waals surface area contributed by atoms with Crippen molar-refractivity contribution in [2.24, 2.45) is 5.73 Å². The van der Waals surface area contributed by atoms with Crippen LogP contribution in [0.3, 0.4) is 0 Å². The van der Waals surface area contributed by atoms with Crippen molar-refractivity contribution in [1.29, 1.82) is 0 Å². The third-order valence-electron chi connectivity index (χ3n) is 1.92. The molecule has 15 heavy (non-hydrogen) atoms. The maximum absolute atomic E-state index is 11.3. The van der Waals surface area contributed by atoms with Gasteiger partial charge in [0, 0.05) is 26.3 Å². The Kier molecular flexibility index (Phi) is 7.03. The predicted molar refractivity (Wildman–Crippen MR) is 57.9 cm³/mol. The molecule has 7 heteroatoms. The van der Waals surface area contributed by atoms with Gasteiger partial charge in [0.05, 0.1) is 11.9 Å². The Morgan fingerprint density at radius 3 is 2.60 bits per heavy atom. The molecule has 0 saturated carbocycles. The SMILES string of the molecule is COCCCS(=O)(=O)NCC(N)C(C)O. The molecule has 0 fully saturated rings. The lowest BCUT2D eigenvalue weighted by Crippen LogP contribution is -2.44. The lowest BCUT2D eigenvalue weighted by atomic mass is 10.2. The van der Waals surface area contributed by atoms with Crippen LogP contribution in [0.15, 0.2) is 0 Å². The molecule has 0 saturated heterocycles. The molecule has 92 valence electrons. The zero-order chi connectivity index (χ0) is 11.9. The second kappa shape index (κ2) is 7.13. The summed E-state index contributed by atoms with van der Waals surface area (Å²) in [4.78, 5) is 0. The number of aliphatic hydroxyl groups is 1. The summed E-state index contributed by atoms with van der Waals surface area (Å²) in [6, 6.07) is -0.581. The summed E-state index contributed by atoms with van der Waals surface area (Å²) in [6.45, 7) is 1.97. The minimum Gasteiger partial charge on any atom is -0.392 e. The topological polar surface area (TPSA) is 102 Å². The Morgan fingerprint density at radius 1 is 1.53 bits per heavy atom. The number of methoxy groups -OCH3 is 1. The molecule has 0 aliphatic rings. The van der Waals surface area contributed by atoms with E-state index in [1.54, 1.807) is 0 Å². The number of hydrogen-bond acceptors (Lipinski definition) is 5. The largest absolute Gasteiger partial charge is 0.392 e. The summed E-state index contributed by atoms with van der Waals surface area (Å²) >= 11 is 0. The summed E-state index contributed by atoms with van der Waals surface area (Å²) < 4.78 is 29.7. The van der Waals surface area contributed by atoms with Gasteiger partial charge in [-0.2, -0.15) is 0 Å². The minimum absolute atomic E-state index is 0.00731. The van der Waals surface area contributed by atoms with Crippen LogP contribution in [0, 0.1) is 0 Å². The Bertz CT molecular complexity index is 253. The molecule has 6 nitrogen and oxygen atoms in total. The molecular weight excluding hydrogens is 220 g/mol. The fraction of sp³-hybridized carbons (Fsp3) is 1.00. The van der Waals surface area contributed by atoms with E-state index in [2.05, 4.69) is 4.72 Å². The lowest BCUT2D eigenvalue weighted by molar-refractivity contribution is 0.164. The smallest absolute Gasteiger partial charge is 0.211 e. The monoisotopic (exact) mass is 240 g/mol. The maximum Gasteiger partial charge on any atom is 0.211 e. The van der Waals surface area contributed by atoms with Crippen molar-refractivity contribution in [3.05, 3.63) is 0 Å². The van der Waals surface area contributed by atoms with Crippen LogP contribution in [0.4, 0.5) is 0 Å². The quantitative estimate of drug-likeness (QED) is 0.455. The highest BCUT2D eigenvalue weighted by atomic mass is 32.2. The normalized spacial score (nSPS) is 16.3. The van der Waals surface area contributed by atoms with Crippen molar-refractivity contribution in [2.75, 3.05) is 26.0 Å². The van der Waals surface area contributed by atoms with Crippen LogP contribution in [0.25, 0.3) is 0 Å². The summed E-state index contributed by atoms with van der Waals surface area (Å²) in [7, 11) is -1.79. The fourth-order valence-corrected chi connectivity index (χ4v) is 1.95. The number of sulfonamides is 1. The van der Waals surface area contributed by atoms with Gasteiger partial charge in [0.15, 0.2) is 0 Å². The zero-order valence-electron chi connectivity index (χ0n) is 9.14. The van der Waals surface area contributed by atoms with Crippen molar-refractivity contribution in [3.8, 4) is 0 Å². The predicted octanol–water partition coefficient (Wildman–Crippen LogP) is -1.35. The van der Waals surface area contributed by atoms with Gasteiger partial charge in [-0.1, -0.05) is 0 Å². The van der Waals surface area contributed by atoms with E-state index in [0.29, 0.717) is 13.0 Å². The van der Waals surface area contributed by atoms with E-state index in [0.717, 1.165) is 0 Å². The molecule has 0 rings (SSSR count). The van der Waals surface area contributed by atoms with Gasteiger partial charge in [0.1, 0.15) is 0 Å². The molecule has 0 aromatic heterocycles. The van der Waals surface area contributed by atoms with Gasteiger partial charge in [-0.3, -0.25) is 0 Å². The molecule has 0 aliphatic carbocycles. The van der Waals surface area contributed by atoms with E-state index >= 15 is 0 Å². The molecule has 0 radical (unpaired) electrons. The van der Waals surface area contributed by atoms with Crippen LogP contribution in [-0.2, 0) is 14.8 Å². The first kappa shape index (κ1) is 14.8. The molecule has 0 amide bonds. The van der Waals surface area contributed by atoms with Crippen molar-refractivity contribution in [2.45, 2.75) is 25.5 Å². The summed E-state index contributed by atoms with van der Waals surface area (Å²) in [5.41, 5.74) is 5.48. The van der Waals surface area contributed by atoms with Gasteiger partial charge in [-0.05, 0) is 13.3 Å². The highest BCUT2D eigenvalue weighted by molar-refractivity contribution is 7.89. The molecular formula is C8H20N2O4S. The highest BCUT2D eigenvalue weighted by Gasteiger charge is 2.14. The second-order valence-electron chi connectivity index (χ2n) is 3.42. The summed E-state index contributed by atoms with van der Waals surface area (Å²) in [5, 5.41) is 9.05. The number of hydrogen-bond donors (Lipinski definition) is 3. The first-order chi connectivity index (χ1) is 6.89. The first-order valence-corrected chi connectivity index (χ1v) is 6.44. The molecule has 0 spiro atoms. The van der Waals surface area contributed by atoms with E-state index in [9.17, 15) is 8.42 Å². The molecule has 0 aliphatic heterocycles. The fourth-order valence-electron chi connectivity index (χ4n) is 0.859. The van der Waals surface area contributed by atoms with Gasteiger partial charge in [0.2, 0.25) is 10.0 Å². The average Bonchev–Trinajstić information content (AvgIpc) is 2.14. The number of rotatable bonds is 8. The van der Waals surface area contributed by atoms with E-state index in [1.165, 1.54) is 14.0 Å². The molecule has 0 aromatic carbocycles. The second-order valence-corrected chi connectivity index (χ2v) is 5.34. The molecule has 4 N–H and O–H groups in total. The van der Waals surface area contributed by atoms with Crippen molar-refractivity contribution >= 4 is 10.0 Å². The molecule has 0 heterocycles. The first-order valence-electron chi connectivity index (χ1n) is 4.79. The molecule has 2 unspecified atom stereocenters. The number of ether oxygens (including phenoxy) is 1. The Hall–Kier alpha value is -0.210. The third-order valence-corrected chi connectivity index (χ3v) is 3.35. The molecule has 2 atom stereocenters. The molecule has 0 aromatic rings. The van der Waals surface area contributed by atoms with Crippen LogP contribution in [0.5, 0.6) is 0 Å². The standard InChI is InChI=1S/C8H20N2O4S/c1-7(11)8(9)6-10-15(12,13)5-3-4-14-2/h7-8,10-11H,3-6,9H2,1-2H3. The van der Waals surface area contributed by atoms with Gasteiger partial charge in [-0.25, -0.2) is 13.1 Å². The summed E-state index contributed by atoms with van der Waals surface area (Å²) in [6.07, 6.45) is -0.290. The average molecular weight is 240 g/mol. The Morgan fingerprint density at radius 2 is 2.13 bits per heavy atom. The van der Waals surface area contributed by atoms with Gasteiger partial charge >= 0.3 is 0 Å². The number of nitrogens with two attached hydrogens (primary N) is 1. The van der Waals surface area contributed by atoms with Gasteiger partial charge in [-0.15, -0.1) is 0 Å². The molecule has 0 bridgehead atoms. The Balaban J connectivity index is 3.84. The van der Waals surface area contributed by atoms with Crippen LogP contribution in [0.1, 0.15) is 13.3 Å². The van der Waals surface area contributed by atoms with Crippen LogP contribution in [-0.4, -0.2) is 51.7 Å². The minimum atomic E-state index is -3.30. The van der Waals surface area contributed by atoms with Crippen LogP contribution in [0.2, 0.25) is 0 Å². The van der Waals surface area contributed by atoms with Gasteiger partial charge in [0.25, 0.3) is 0 Å². The lowest BCUT2D eigenvalue weighted by Gasteiger charge is -2.15. The van der Waals surface area contributed by atoms with Crippen molar-refractivity contribution in [3.63, 3.8) is 0 Å². The summed E-state index contributed by atoms with van der Waals surface area (Å²) in [5.74, 6) is 0.00731. The van der Waals surface area contributed by atoms with Crippen LogP contribution >= 0.6 is 0 Å². The Labute approximate surface area is 90.9 Å². The van der Waals surface area contributed by atoms with Crippen molar-refractivity contribution < 1.29 is 18.3 Å². The maximum atomic E-state index is 11.3. The highest BCUT2D eigenvalue weighted by Crippen LogP contribution is 1.92. The van der Waals surface area contributed by atoms with E-state index < -0.39 is 22.2 Å². The number of nitrogens with one attached hydrogen (secondary N) is 1. The van der Waals surface area contributed by atoms with Crippen molar-refractivity contribution in [1.82, 2.24) is 4.72 Å². The van der Waals surface area contributed by atoms with Gasteiger partial charge < -0.3 is 15.6 Å². The third kappa shape index (κ3) is 7.69. The zero-order valence-corrected chi connectivity index (χ0v) is 9.96. The number of aliphatic hydroxyl groups excluding tert-OH is 1. The van der Waals surface area contributed by atoms with E-state index in [4.69, 9.17) is 15.6 Å². The van der Waals surface area contributed by atoms with E-state index in [1.807, 2.05) is 0 Å². The van der Waals surface area contributed by atoms with Crippen LogP contribution < -0.4 is 10.5 Å².